The lowest BCUT2D eigenvalue weighted by molar-refractivity contribution is -0.137. The molecule has 0 aromatic carbocycles. The Morgan fingerprint density at radius 2 is 2.20 bits per heavy atom. The van der Waals surface area contributed by atoms with Crippen LogP contribution < -0.4 is 0 Å². The van der Waals surface area contributed by atoms with Crippen molar-refractivity contribution in [2.45, 2.75) is 4.21 Å². The summed E-state index contributed by atoms with van der Waals surface area (Å²) in [6.07, 6.45) is 1.53. The van der Waals surface area contributed by atoms with Gasteiger partial charge < -0.3 is 9.47 Å². The van der Waals surface area contributed by atoms with Crippen LogP contribution in [0.25, 0.3) is 0 Å². The van der Waals surface area contributed by atoms with Crippen molar-refractivity contribution in [1.82, 2.24) is 4.98 Å². The summed E-state index contributed by atoms with van der Waals surface area (Å²) in [6, 6.07) is 0. The molecule has 5 nitrogen and oxygen atoms in total. The van der Waals surface area contributed by atoms with Gasteiger partial charge in [-0.05, 0) is 0 Å². The van der Waals surface area contributed by atoms with Crippen LogP contribution in [-0.4, -0.2) is 36.9 Å². The highest BCUT2D eigenvalue weighted by molar-refractivity contribution is 8.01. The molecule has 7 heteroatoms. The van der Waals surface area contributed by atoms with E-state index >= 15 is 0 Å². The van der Waals surface area contributed by atoms with Gasteiger partial charge in [0, 0.05) is 0 Å². The summed E-state index contributed by atoms with van der Waals surface area (Å²) >= 11 is 2.46. The van der Waals surface area contributed by atoms with Crippen LogP contribution >= 0.6 is 23.1 Å². The maximum Gasteiger partial charge on any atom is 0.367 e. The number of carbonyl (C=O) groups excluding carboxylic acids is 2. The highest BCUT2D eigenvalue weighted by Crippen LogP contribution is 2.25. The Bertz CT molecular complexity index is 363. The molecule has 0 spiro atoms. The monoisotopic (exact) mass is 247 g/mol. The molecule has 0 amide bonds. The van der Waals surface area contributed by atoms with Crippen molar-refractivity contribution in [3.8, 4) is 0 Å². The molecule has 0 aliphatic rings. The lowest BCUT2D eigenvalue weighted by Gasteiger charge is -1.95. The molecule has 1 aromatic heterocycles. The van der Waals surface area contributed by atoms with Crippen LogP contribution in [0.4, 0.5) is 0 Å². The minimum Gasteiger partial charge on any atom is -0.468 e. The van der Waals surface area contributed by atoms with Crippen LogP contribution in [0.15, 0.2) is 10.4 Å². The second-order valence-electron chi connectivity index (χ2n) is 2.34. The standard InChI is InChI=1S/C8H9NO4S2/c1-12-5(10)4-14-6-3-9-7(15-6)8(11)13-2/h3H,4H2,1-2H3. The smallest absolute Gasteiger partial charge is 0.367 e. The van der Waals surface area contributed by atoms with Gasteiger partial charge in [-0.25, -0.2) is 9.78 Å². The Morgan fingerprint density at radius 1 is 1.47 bits per heavy atom. The average Bonchev–Trinajstić information content (AvgIpc) is 2.73. The maximum absolute atomic E-state index is 11.0. The number of hydrogen-bond acceptors (Lipinski definition) is 7. The number of thioether (sulfide) groups is 1. The molecule has 0 saturated heterocycles. The van der Waals surface area contributed by atoms with Gasteiger partial charge >= 0.3 is 11.9 Å². The molecule has 0 aliphatic carbocycles. The van der Waals surface area contributed by atoms with Crippen molar-refractivity contribution < 1.29 is 19.1 Å². The van der Waals surface area contributed by atoms with E-state index in [0.717, 1.165) is 4.21 Å². The summed E-state index contributed by atoms with van der Waals surface area (Å²) in [5.41, 5.74) is 0. The first-order chi connectivity index (χ1) is 7.17. The van der Waals surface area contributed by atoms with Crippen LogP contribution in [0.3, 0.4) is 0 Å². The van der Waals surface area contributed by atoms with E-state index in [1.54, 1.807) is 0 Å². The lowest BCUT2D eigenvalue weighted by Crippen LogP contribution is -2.02. The van der Waals surface area contributed by atoms with Gasteiger partial charge in [-0.3, -0.25) is 4.79 Å². The SMILES string of the molecule is COC(=O)CSc1cnc(C(=O)OC)s1. The molecule has 0 aliphatic heterocycles. The van der Waals surface area contributed by atoms with E-state index in [9.17, 15) is 9.59 Å². The van der Waals surface area contributed by atoms with E-state index in [0.29, 0.717) is 0 Å². The van der Waals surface area contributed by atoms with Gasteiger partial charge in [-0.15, -0.1) is 23.1 Å². The molecule has 0 bridgehead atoms. The van der Waals surface area contributed by atoms with Crippen LogP contribution in [0.5, 0.6) is 0 Å². The Kier molecular flexibility index (Phi) is 4.57. The van der Waals surface area contributed by atoms with E-state index < -0.39 is 5.97 Å². The van der Waals surface area contributed by atoms with Crippen LogP contribution in [0, 0.1) is 0 Å². The fourth-order valence-corrected chi connectivity index (χ4v) is 2.42. The molecular formula is C8H9NO4S2. The normalized spacial score (nSPS) is 9.73. The summed E-state index contributed by atoms with van der Waals surface area (Å²) < 4.78 is 9.76. The zero-order valence-electron chi connectivity index (χ0n) is 8.18. The summed E-state index contributed by atoms with van der Waals surface area (Å²) in [5.74, 6) is -0.572. The van der Waals surface area contributed by atoms with Crippen LogP contribution in [0.2, 0.25) is 0 Å². The van der Waals surface area contributed by atoms with E-state index in [-0.39, 0.29) is 16.7 Å². The fraction of sp³-hybridized carbons (Fsp3) is 0.375. The summed E-state index contributed by atoms with van der Waals surface area (Å²) in [6.45, 7) is 0. The first kappa shape index (κ1) is 12.0. The number of thiazole rings is 1. The number of nitrogens with zero attached hydrogens (tertiary/aromatic N) is 1. The molecule has 1 rings (SSSR count). The molecular weight excluding hydrogens is 238 g/mol. The molecule has 0 fully saturated rings. The second-order valence-corrected chi connectivity index (χ2v) is 4.65. The van der Waals surface area contributed by atoms with Gasteiger partial charge in [0.15, 0.2) is 0 Å². The molecule has 15 heavy (non-hydrogen) atoms. The van der Waals surface area contributed by atoms with Crippen molar-refractivity contribution >= 4 is 35.0 Å². The number of esters is 2. The van der Waals surface area contributed by atoms with E-state index in [1.807, 2.05) is 0 Å². The number of carbonyl (C=O) groups is 2. The zero-order chi connectivity index (χ0) is 11.3. The second kappa shape index (κ2) is 5.72. The number of hydrogen-bond donors (Lipinski definition) is 0. The van der Waals surface area contributed by atoms with E-state index in [2.05, 4.69) is 14.5 Å². The molecule has 0 unspecified atom stereocenters. The first-order valence-electron chi connectivity index (χ1n) is 3.91. The summed E-state index contributed by atoms with van der Waals surface area (Å²) in [5, 5.41) is 0.282. The van der Waals surface area contributed by atoms with Gasteiger partial charge in [0.25, 0.3) is 0 Å². The molecule has 82 valence electrons. The molecule has 1 aromatic rings. The Hall–Kier alpha value is -1.08. The highest BCUT2D eigenvalue weighted by atomic mass is 32.2. The Labute approximate surface area is 94.8 Å². The highest BCUT2D eigenvalue weighted by Gasteiger charge is 2.12. The van der Waals surface area contributed by atoms with E-state index in [4.69, 9.17) is 0 Å². The average molecular weight is 247 g/mol. The first-order valence-corrected chi connectivity index (χ1v) is 5.71. The zero-order valence-corrected chi connectivity index (χ0v) is 9.81. The minimum absolute atomic E-state index is 0.208. The molecule has 1 heterocycles. The predicted molar refractivity (Wildman–Crippen MR) is 56.2 cm³/mol. The number of rotatable bonds is 4. The Balaban J connectivity index is 2.53. The van der Waals surface area contributed by atoms with E-state index in [1.165, 1.54) is 43.5 Å². The maximum atomic E-state index is 11.0. The van der Waals surface area contributed by atoms with Gasteiger partial charge in [0.1, 0.15) is 0 Å². The molecule has 0 radical (unpaired) electrons. The van der Waals surface area contributed by atoms with Crippen molar-refractivity contribution in [2.24, 2.45) is 0 Å². The van der Waals surface area contributed by atoms with Gasteiger partial charge in [0.2, 0.25) is 5.01 Å². The molecule has 0 N–H and O–H groups in total. The van der Waals surface area contributed by atoms with Crippen molar-refractivity contribution in [2.75, 3.05) is 20.0 Å². The third-order valence-electron chi connectivity index (χ3n) is 1.40. The van der Waals surface area contributed by atoms with Crippen LogP contribution in [-0.2, 0) is 14.3 Å². The number of ether oxygens (including phenoxy) is 2. The number of methoxy groups -OCH3 is 2. The predicted octanol–water partition coefficient (Wildman–Crippen LogP) is 1.19. The fourth-order valence-electron chi connectivity index (χ4n) is 0.697. The van der Waals surface area contributed by atoms with Crippen molar-refractivity contribution in [3.05, 3.63) is 11.2 Å². The minimum atomic E-state index is -0.468. The van der Waals surface area contributed by atoms with Gasteiger partial charge in [-0.2, -0.15) is 0 Å². The topological polar surface area (TPSA) is 65.5 Å². The third kappa shape index (κ3) is 3.52. The van der Waals surface area contributed by atoms with Gasteiger partial charge in [-0.1, -0.05) is 0 Å². The lowest BCUT2D eigenvalue weighted by atomic mass is 10.7. The molecule has 0 saturated carbocycles. The summed E-state index contributed by atoms with van der Waals surface area (Å²) in [4.78, 5) is 25.7. The van der Waals surface area contributed by atoms with Crippen molar-refractivity contribution in [1.29, 1.82) is 0 Å². The molecule has 0 atom stereocenters. The summed E-state index contributed by atoms with van der Waals surface area (Å²) in [7, 11) is 2.63. The quantitative estimate of drug-likeness (QED) is 0.588. The number of aromatic nitrogens is 1. The van der Waals surface area contributed by atoms with Crippen LogP contribution in [0.1, 0.15) is 9.80 Å². The Morgan fingerprint density at radius 3 is 2.80 bits per heavy atom. The van der Waals surface area contributed by atoms with Crippen molar-refractivity contribution in [3.63, 3.8) is 0 Å². The third-order valence-corrected chi connectivity index (χ3v) is 3.55. The largest absolute Gasteiger partial charge is 0.468 e. The van der Waals surface area contributed by atoms with Gasteiger partial charge in [0.05, 0.1) is 30.4 Å².